The molecule has 0 saturated carbocycles. The van der Waals surface area contributed by atoms with Gasteiger partial charge in [-0.1, -0.05) is 18.2 Å². The van der Waals surface area contributed by atoms with E-state index >= 15 is 0 Å². The highest BCUT2D eigenvalue weighted by atomic mass is 15.1. The lowest BCUT2D eigenvalue weighted by molar-refractivity contribution is 1.01. The lowest BCUT2D eigenvalue weighted by atomic mass is 10.1. The highest BCUT2D eigenvalue weighted by molar-refractivity contribution is 6.10. The molecule has 2 N–H and O–H groups in total. The van der Waals surface area contributed by atoms with Crippen LogP contribution in [0.25, 0.3) is 32.7 Å². The molecule has 28 heavy (non-hydrogen) atoms. The minimum absolute atomic E-state index is 0.787. The van der Waals surface area contributed by atoms with Gasteiger partial charge in [-0.3, -0.25) is 4.98 Å². The topological polar surface area (TPSA) is 47.1 Å². The van der Waals surface area contributed by atoms with E-state index in [1.165, 1.54) is 21.8 Å². The third-order valence-corrected chi connectivity index (χ3v) is 5.58. The van der Waals surface area contributed by atoms with Crippen molar-refractivity contribution in [1.29, 1.82) is 0 Å². The van der Waals surface area contributed by atoms with Crippen molar-refractivity contribution in [1.82, 2.24) is 9.55 Å². The summed E-state index contributed by atoms with van der Waals surface area (Å²) in [5.41, 5.74) is 13.6. The smallest absolute Gasteiger partial charge is 0.0726 e. The number of nitrogen functional groups attached to an aromatic ring is 1. The molecular formula is C24H22N4. The Labute approximate surface area is 163 Å². The SMILES string of the molecule is Cc1cc(N(C)c2ccc3c(c2)c2cc(N)ccc2n3C)c2ccccc2n1. The number of anilines is 3. The predicted molar refractivity (Wildman–Crippen MR) is 119 cm³/mol. The van der Waals surface area contributed by atoms with Crippen molar-refractivity contribution in [3.05, 3.63) is 72.4 Å². The quantitative estimate of drug-likeness (QED) is 0.417. The molecule has 5 rings (SSSR count). The third kappa shape index (κ3) is 2.42. The number of hydrogen-bond acceptors (Lipinski definition) is 3. The van der Waals surface area contributed by atoms with Crippen LogP contribution < -0.4 is 10.6 Å². The van der Waals surface area contributed by atoms with Crippen molar-refractivity contribution in [3.8, 4) is 0 Å². The second-order valence-electron chi connectivity index (χ2n) is 7.40. The molecule has 138 valence electrons. The van der Waals surface area contributed by atoms with Crippen LogP contribution in [0.1, 0.15) is 5.69 Å². The minimum Gasteiger partial charge on any atom is -0.399 e. The van der Waals surface area contributed by atoms with E-state index in [4.69, 9.17) is 5.73 Å². The summed E-state index contributed by atoms with van der Waals surface area (Å²) < 4.78 is 2.22. The summed E-state index contributed by atoms with van der Waals surface area (Å²) in [6.07, 6.45) is 0. The van der Waals surface area contributed by atoms with Gasteiger partial charge in [0.15, 0.2) is 0 Å². The number of nitrogens with zero attached hydrogens (tertiary/aromatic N) is 3. The number of pyridine rings is 1. The number of para-hydroxylation sites is 1. The molecule has 0 amide bonds. The fraction of sp³-hybridized carbons (Fsp3) is 0.125. The van der Waals surface area contributed by atoms with E-state index in [9.17, 15) is 0 Å². The fourth-order valence-corrected chi connectivity index (χ4v) is 4.13. The van der Waals surface area contributed by atoms with E-state index in [0.717, 1.165) is 33.7 Å². The Hall–Kier alpha value is -3.53. The highest BCUT2D eigenvalue weighted by Crippen LogP contribution is 2.36. The molecule has 0 saturated heterocycles. The number of aromatic nitrogens is 2. The molecule has 2 aromatic heterocycles. The van der Waals surface area contributed by atoms with Crippen molar-refractivity contribution in [2.45, 2.75) is 6.92 Å². The zero-order valence-corrected chi connectivity index (χ0v) is 16.3. The lowest BCUT2D eigenvalue weighted by Crippen LogP contribution is -2.10. The van der Waals surface area contributed by atoms with E-state index in [2.05, 4.69) is 83.1 Å². The van der Waals surface area contributed by atoms with E-state index in [-0.39, 0.29) is 0 Å². The van der Waals surface area contributed by atoms with Crippen LogP contribution in [0, 0.1) is 6.92 Å². The van der Waals surface area contributed by atoms with Gasteiger partial charge in [0, 0.05) is 58.4 Å². The fourth-order valence-electron chi connectivity index (χ4n) is 4.13. The van der Waals surface area contributed by atoms with Crippen molar-refractivity contribution in [3.63, 3.8) is 0 Å². The Morgan fingerprint density at radius 3 is 2.39 bits per heavy atom. The number of nitrogens with two attached hydrogens (primary N) is 1. The summed E-state index contributed by atoms with van der Waals surface area (Å²) in [7, 11) is 4.21. The molecule has 4 heteroatoms. The van der Waals surface area contributed by atoms with Crippen molar-refractivity contribution >= 4 is 49.8 Å². The highest BCUT2D eigenvalue weighted by Gasteiger charge is 2.14. The first kappa shape index (κ1) is 16.6. The van der Waals surface area contributed by atoms with Crippen molar-refractivity contribution < 1.29 is 0 Å². The molecule has 0 aliphatic carbocycles. The van der Waals surface area contributed by atoms with Crippen LogP contribution in [0.3, 0.4) is 0 Å². The number of aryl methyl sites for hydroxylation is 2. The summed E-state index contributed by atoms with van der Waals surface area (Å²) in [4.78, 5) is 6.91. The van der Waals surface area contributed by atoms with Crippen LogP contribution >= 0.6 is 0 Å². The van der Waals surface area contributed by atoms with Gasteiger partial charge in [-0.15, -0.1) is 0 Å². The largest absolute Gasteiger partial charge is 0.399 e. The van der Waals surface area contributed by atoms with E-state index in [1.54, 1.807) is 0 Å². The van der Waals surface area contributed by atoms with Gasteiger partial charge in [-0.2, -0.15) is 0 Å². The van der Waals surface area contributed by atoms with Gasteiger partial charge >= 0.3 is 0 Å². The lowest BCUT2D eigenvalue weighted by Gasteiger charge is -2.22. The van der Waals surface area contributed by atoms with Gasteiger partial charge in [0.1, 0.15) is 0 Å². The molecule has 0 fully saturated rings. The first-order chi connectivity index (χ1) is 13.5. The monoisotopic (exact) mass is 366 g/mol. The first-order valence-electron chi connectivity index (χ1n) is 9.41. The minimum atomic E-state index is 0.787. The van der Waals surface area contributed by atoms with E-state index in [0.29, 0.717) is 0 Å². The molecule has 0 spiro atoms. The summed E-state index contributed by atoms with van der Waals surface area (Å²) in [6, 6.07) is 23.2. The maximum atomic E-state index is 6.07. The Kier molecular flexibility index (Phi) is 3.56. The number of fused-ring (bicyclic) bond motifs is 4. The number of hydrogen-bond donors (Lipinski definition) is 1. The normalized spacial score (nSPS) is 11.5. The maximum absolute atomic E-state index is 6.07. The molecule has 0 bridgehead atoms. The van der Waals surface area contributed by atoms with Gasteiger partial charge in [-0.05, 0) is 55.5 Å². The second kappa shape index (κ2) is 5.99. The van der Waals surface area contributed by atoms with Crippen molar-refractivity contribution in [2.75, 3.05) is 17.7 Å². The standard InChI is InChI=1S/C24H22N4/c1-15-12-24(18-6-4-5-7-21(18)26-15)27(2)17-9-11-23-20(14-17)19-13-16(25)8-10-22(19)28(23)3/h4-14H,25H2,1-3H3. The van der Waals surface area contributed by atoms with Gasteiger partial charge in [0.05, 0.1) is 11.2 Å². The zero-order valence-electron chi connectivity index (χ0n) is 16.3. The van der Waals surface area contributed by atoms with Crippen molar-refractivity contribution in [2.24, 2.45) is 7.05 Å². The summed E-state index contributed by atoms with van der Waals surface area (Å²) >= 11 is 0. The second-order valence-corrected chi connectivity index (χ2v) is 7.40. The average Bonchev–Trinajstić information content (AvgIpc) is 2.98. The third-order valence-electron chi connectivity index (χ3n) is 5.58. The Balaban J connectivity index is 1.74. The molecule has 0 aliphatic rings. The molecule has 3 aromatic carbocycles. The van der Waals surface area contributed by atoms with Crippen LogP contribution in [0.4, 0.5) is 17.1 Å². The van der Waals surface area contributed by atoms with Crippen LogP contribution in [0.15, 0.2) is 66.7 Å². The molecule has 0 atom stereocenters. The molecule has 4 nitrogen and oxygen atoms in total. The molecular weight excluding hydrogens is 344 g/mol. The van der Waals surface area contributed by atoms with Gasteiger partial charge in [0.25, 0.3) is 0 Å². The first-order valence-corrected chi connectivity index (χ1v) is 9.41. The molecule has 2 heterocycles. The Morgan fingerprint density at radius 2 is 1.57 bits per heavy atom. The maximum Gasteiger partial charge on any atom is 0.0726 e. The van der Waals surface area contributed by atoms with Crippen LogP contribution in [0.2, 0.25) is 0 Å². The number of rotatable bonds is 2. The Morgan fingerprint density at radius 1 is 0.857 bits per heavy atom. The molecule has 0 radical (unpaired) electrons. The summed E-state index contributed by atoms with van der Waals surface area (Å²) in [5, 5.41) is 3.55. The molecule has 0 aliphatic heterocycles. The van der Waals surface area contributed by atoms with Crippen LogP contribution in [0.5, 0.6) is 0 Å². The van der Waals surface area contributed by atoms with Crippen LogP contribution in [-0.4, -0.2) is 16.6 Å². The average molecular weight is 366 g/mol. The Bertz CT molecular complexity index is 1360. The summed E-state index contributed by atoms with van der Waals surface area (Å²) in [5.74, 6) is 0. The number of benzene rings is 3. The zero-order chi connectivity index (χ0) is 19.4. The summed E-state index contributed by atoms with van der Waals surface area (Å²) in [6.45, 7) is 2.04. The van der Waals surface area contributed by atoms with Gasteiger partial charge in [-0.25, -0.2) is 0 Å². The predicted octanol–water partition coefficient (Wildman–Crippen LogP) is 5.54. The van der Waals surface area contributed by atoms with Gasteiger partial charge in [0.2, 0.25) is 0 Å². The molecule has 0 unspecified atom stereocenters. The molecule has 5 aromatic rings. The van der Waals surface area contributed by atoms with E-state index in [1.807, 2.05) is 19.1 Å². The van der Waals surface area contributed by atoms with Crippen LogP contribution in [-0.2, 0) is 7.05 Å². The van der Waals surface area contributed by atoms with Gasteiger partial charge < -0.3 is 15.2 Å². The van der Waals surface area contributed by atoms with E-state index < -0.39 is 0 Å².